The minimum Gasteiger partial charge on any atom is -0.450 e. The second-order valence-electron chi connectivity index (χ2n) is 6.55. The van der Waals surface area contributed by atoms with Crippen LogP contribution in [0.4, 0.5) is 11.4 Å². The van der Waals surface area contributed by atoms with Crippen LogP contribution < -0.4 is 4.74 Å². The molecule has 0 fully saturated rings. The van der Waals surface area contributed by atoms with Gasteiger partial charge in [-0.1, -0.05) is 12.1 Å². The molecule has 0 saturated carbocycles. The third-order valence-electron chi connectivity index (χ3n) is 4.55. The van der Waals surface area contributed by atoms with Crippen molar-refractivity contribution in [2.24, 2.45) is 5.10 Å². The molecule has 1 aliphatic rings. The van der Waals surface area contributed by atoms with E-state index in [0.29, 0.717) is 5.56 Å². The summed E-state index contributed by atoms with van der Waals surface area (Å²) >= 11 is 0. The lowest BCUT2D eigenvalue weighted by atomic mass is 10.1. The van der Waals surface area contributed by atoms with Gasteiger partial charge in [-0.25, -0.2) is 0 Å². The molecule has 2 amide bonds. The minimum absolute atomic E-state index is 0.159. The van der Waals surface area contributed by atoms with Gasteiger partial charge in [0.15, 0.2) is 0 Å². The van der Waals surface area contributed by atoms with E-state index in [1.165, 1.54) is 18.3 Å². The van der Waals surface area contributed by atoms with Crippen LogP contribution in [0.2, 0.25) is 0 Å². The van der Waals surface area contributed by atoms with Crippen LogP contribution in [0.25, 0.3) is 0 Å². The molecule has 3 aromatic carbocycles. The quantitative estimate of drug-likeness (QED) is 0.248. The number of amides is 2. The van der Waals surface area contributed by atoms with Crippen molar-refractivity contribution in [3.05, 3.63) is 104 Å². The van der Waals surface area contributed by atoms with Crippen LogP contribution >= 0.6 is 0 Å². The SMILES string of the molecule is O=C1c2ccccc2C(=O)N1/N=C\c1ccc(Oc2ccc([N+](=O)[O-])cc2[N+](=O)[O-])cc1. The first kappa shape index (κ1) is 20.3. The van der Waals surface area contributed by atoms with E-state index in [9.17, 15) is 29.8 Å². The third-order valence-corrected chi connectivity index (χ3v) is 4.55. The van der Waals surface area contributed by atoms with Gasteiger partial charge >= 0.3 is 5.69 Å². The molecule has 158 valence electrons. The number of carbonyl (C=O) groups is 2. The van der Waals surface area contributed by atoms with Crippen LogP contribution in [0.1, 0.15) is 26.3 Å². The van der Waals surface area contributed by atoms with E-state index in [-0.39, 0.29) is 22.6 Å². The van der Waals surface area contributed by atoms with Gasteiger partial charge in [-0.05, 0) is 48.0 Å². The number of nitro groups is 2. The van der Waals surface area contributed by atoms with E-state index in [0.717, 1.165) is 23.2 Å². The number of imide groups is 1. The number of carbonyl (C=O) groups excluding carboxylic acids is 2. The highest BCUT2D eigenvalue weighted by Gasteiger charge is 2.35. The van der Waals surface area contributed by atoms with Crippen molar-refractivity contribution in [1.29, 1.82) is 0 Å². The number of nitro benzene ring substituents is 2. The molecule has 3 aromatic rings. The van der Waals surface area contributed by atoms with Crippen molar-refractivity contribution >= 4 is 29.4 Å². The standard InChI is InChI=1S/C21H12N4O7/c26-20-16-3-1-2-4-17(16)21(27)23(20)22-12-13-5-8-15(9-6-13)32-19-10-7-14(24(28)29)11-18(19)25(30)31/h1-12H/b22-12-. The number of nitrogens with zero attached hydrogens (tertiary/aromatic N) is 4. The Kier molecular flexibility index (Phi) is 5.13. The molecule has 0 atom stereocenters. The number of fused-ring (bicyclic) bond motifs is 1. The number of non-ortho nitro benzene ring substituents is 1. The average Bonchev–Trinajstić information content (AvgIpc) is 3.03. The first-order chi connectivity index (χ1) is 15.3. The fourth-order valence-corrected chi connectivity index (χ4v) is 3.00. The van der Waals surface area contributed by atoms with Crippen molar-refractivity contribution in [1.82, 2.24) is 5.01 Å². The normalized spacial score (nSPS) is 12.8. The Bertz CT molecular complexity index is 1270. The van der Waals surface area contributed by atoms with Crippen LogP contribution in [-0.2, 0) is 0 Å². The van der Waals surface area contributed by atoms with E-state index < -0.39 is 33.0 Å². The molecule has 1 aliphatic heterocycles. The van der Waals surface area contributed by atoms with E-state index in [1.54, 1.807) is 36.4 Å². The molecule has 32 heavy (non-hydrogen) atoms. The highest BCUT2D eigenvalue weighted by molar-refractivity contribution is 6.21. The van der Waals surface area contributed by atoms with Crippen molar-refractivity contribution in [3.63, 3.8) is 0 Å². The molecule has 0 radical (unpaired) electrons. The summed E-state index contributed by atoms with van der Waals surface area (Å²) in [4.78, 5) is 45.2. The summed E-state index contributed by atoms with van der Waals surface area (Å²) in [5.74, 6) is -0.965. The van der Waals surface area contributed by atoms with Gasteiger partial charge in [0.1, 0.15) is 5.75 Å². The smallest absolute Gasteiger partial charge is 0.318 e. The molecule has 4 rings (SSSR count). The summed E-state index contributed by atoms with van der Waals surface area (Å²) in [6, 6.07) is 15.6. The second-order valence-corrected chi connectivity index (χ2v) is 6.55. The summed E-state index contributed by atoms with van der Waals surface area (Å²) in [5, 5.41) is 26.8. The van der Waals surface area contributed by atoms with Crippen LogP contribution in [0, 0.1) is 20.2 Å². The Morgan fingerprint density at radius 1 is 0.844 bits per heavy atom. The van der Waals surface area contributed by atoms with Gasteiger partial charge in [0.25, 0.3) is 17.5 Å². The van der Waals surface area contributed by atoms with Crippen molar-refractivity contribution in [2.45, 2.75) is 0 Å². The number of hydrazone groups is 1. The predicted molar refractivity (Wildman–Crippen MR) is 111 cm³/mol. The first-order valence-electron chi connectivity index (χ1n) is 9.07. The molecule has 0 bridgehead atoms. The molecule has 1 heterocycles. The highest BCUT2D eigenvalue weighted by atomic mass is 16.6. The summed E-state index contributed by atoms with van der Waals surface area (Å²) in [5.41, 5.74) is 0.123. The Balaban J connectivity index is 1.50. The maximum absolute atomic E-state index is 12.3. The second kappa shape index (κ2) is 8.07. The zero-order valence-corrected chi connectivity index (χ0v) is 16.1. The van der Waals surface area contributed by atoms with Gasteiger partial charge in [0.05, 0.1) is 33.3 Å². The Morgan fingerprint density at radius 2 is 1.47 bits per heavy atom. The fourth-order valence-electron chi connectivity index (χ4n) is 3.00. The number of benzene rings is 3. The molecule has 0 aromatic heterocycles. The lowest BCUT2D eigenvalue weighted by Crippen LogP contribution is -2.23. The highest BCUT2D eigenvalue weighted by Crippen LogP contribution is 2.34. The third kappa shape index (κ3) is 3.77. The summed E-state index contributed by atoms with van der Waals surface area (Å²) in [6.45, 7) is 0. The first-order valence-corrected chi connectivity index (χ1v) is 9.07. The van der Waals surface area contributed by atoms with E-state index in [4.69, 9.17) is 4.74 Å². The van der Waals surface area contributed by atoms with Gasteiger partial charge in [-0.3, -0.25) is 29.8 Å². The lowest BCUT2D eigenvalue weighted by Gasteiger charge is -2.07. The number of hydrogen-bond acceptors (Lipinski definition) is 8. The van der Waals surface area contributed by atoms with E-state index >= 15 is 0 Å². The van der Waals surface area contributed by atoms with Gasteiger partial charge in [-0.15, -0.1) is 0 Å². The fraction of sp³-hybridized carbons (Fsp3) is 0. The largest absolute Gasteiger partial charge is 0.450 e. The molecule has 0 spiro atoms. The van der Waals surface area contributed by atoms with Gasteiger partial charge in [0.2, 0.25) is 5.75 Å². The van der Waals surface area contributed by atoms with Gasteiger partial charge in [-0.2, -0.15) is 10.1 Å². The lowest BCUT2D eigenvalue weighted by molar-refractivity contribution is -0.394. The predicted octanol–water partition coefficient (Wildman–Crippen LogP) is 3.93. The van der Waals surface area contributed by atoms with Crippen LogP contribution in [-0.4, -0.2) is 32.9 Å². The zero-order chi connectivity index (χ0) is 22.8. The maximum Gasteiger partial charge on any atom is 0.318 e. The van der Waals surface area contributed by atoms with E-state index in [2.05, 4.69) is 5.10 Å². The Labute approximate surface area is 179 Å². The van der Waals surface area contributed by atoms with Crippen molar-refractivity contribution < 1.29 is 24.2 Å². The minimum atomic E-state index is -0.772. The average molecular weight is 432 g/mol. The zero-order valence-electron chi connectivity index (χ0n) is 16.1. The number of ether oxygens (including phenoxy) is 1. The van der Waals surface area contributed by atoms with Crippen LogP contribution in [0.5, 0.6) is 11.5 Å². The Morgan fingerprint density at radius 3 is 2.03 bits per heavy atom. The van der Waals surface area contributed by atoms with Crippen LogP contribution in [0.3, 0.4) is 0 Å². The number of rotatable bonds is 6. The Hall–Kier alpha value is -4.93. The molecule has 0 aliphatic carbocycles. The van der Waals surface area contributed by atoms with Gasteiger partial charge in [0, 0.05) is 6.07 Å². The summed E-state index contributed by atoms with van der Waals surface area (Å²) < 4.78 is 5.49. The monoisotopic (exact) mass is 432 g/mol. The summed E-state index contributed by atoms with van der Waals surface area (Å²) in [7, 11) is 0. The van der Waals surface area contributed by atoms with Crippen molar-refractivity contribution in [3.8, 4) is 11.5 Å². The van der Waals surface area contributed by atoms with Gasteiger partial charge < -0.3 is 4.74 Å². The molecule has 0 N–H and O–H groups in total. The maximum atomic E-state index is 12.3. The summed E-state index contributed by atoms with van der Waals surface area (Å²) in [6.07, 6.45) is 1.32. The van der Waals surface area contributed by atoms with Crippen LogP contribution in [0.15, 0.2) is 71.8 Å². The van der Waals surface area contributed by atoms with Crippen molar-refractivity contribution in [2.75, 3.05) is 0 Å². The molecular formula is C21H12N4O7. The van der Waals surface area contributed by atoms with E-state index in [1.807, 2.05) is 0 Å². The molecular weight excluding hydrogens is 420 g/mol. The molecule has 0 unspecified atom stereocenters. The topological polar surface area (TPSA) is 145 Å². The molecule has 11 heteroatoms. The number of hydrogen-bond donors (Lipinski definition) is 0. The molecule has 0 saturated heterocycles. The molecule has 11 nitrogen and oxygen atoms in total.